The lowest BCUT2D eigenvalue weighted by Gasteiger charge is -2.24. The highest BCUT2D eigenvalue weighted by Gasteiger charge is 2.14. The molecule has 0 bridgehead atoms. The van der Waals surface area contributed by atoms with Gasteiger partial charge in [-0.15, -0.1) is 0 Å². The Labute approximate surface area is 163 Å². The molecular weight excluding hydrogens is 364 g/mol. The number of nitrogens with zero attached hydrogens (tertiary/aromatic N) is 2. The van der Waals surface area contributed by atoms with E-state index in [1.165, 1.54) is 25.4 Å². The first-order valence-electron chi connectivity index (χ1n) is 8.67. The lowest BCUT2D eigenvalue weighted by atomic mass is 10.2. The first-order valence-corrected chi connectivity index (χ1v) is 8.67. The number of guanidine groups is 1. The van der Waals surface area contributed by atoms with Crippen molar-refractivity contribution in [3.63, 3.8) is 0 Å². The smallest absolute Gasteiger partial charge is 0.202 e. The molecule has 7 heteroatoms. The van der Waals surface area contributed by atoms with Gasteiger partial charge in [0.1, 0.15) is 11.6 Å². The molecule has 2 rings (SSSR count). The van der Waals surface area contributed by atoms with Crippen molar-refractivity contribution in [1.29, 1.82) is 0 Å². The predicted octanol–water partition coefficient (Wildman–Crippen LogP) is 3.82. The molecule has 0 unspecified atom stereocenters. The monoisotopic (exact) mass is 387 g/mol. The van der Waals surface area contributed by atoms with E-state index in [4.69, 9.17) is 4.74 Å². The van der Waals surface area contributed by atoms with Gasteiger partial charge in [-0.3, -0.25) is 9.79 Å². The van der Waals surface area contributed by atoms with E-state index in [9.17, 15) is 13.6 Å². The van der Waals surface area contributed by atoms with Crippen LogP contribution in [0.4, 0.5) is 8.78 Å². The van der Waals surface area contributed by atoms with Crippen molar-refractivity contribution in [1.82, 2.24) is 10.2 Å². The lowest BCUT2D eigenvalue weighted by Crippen LogP contribution is -2.37. The number of methoxy groups -OCH3 is 1. The van der Waals surface area contributed by atoms with Crippen LogP contribution in [0.2, 0.25) is 0 Å². The van der Waals surface area contributed by atoms with Gasteiger partial charge in [-0.25, -0.2) is 8.78 Å². The number of carbonyl (C=O) groups is 1. The molecule has 1 aliphatic rings. The summed E-state index contributed by atoms with van der Waals surface area (Å²) in [4.78, 5) is 17.0. The van der Waals surface area contributed by atoms with Crippen LogP contribution in [0.15, 0.2) is 70.7 Å². The van der Waals surface area contributed by atoms with Crippen LogP contribution in [0.1, 0.15) is 18.9 Å². The molecule has 1 N–H and O–H groups in total. The molecule has 0 aromatic heterocycles. The van der Waals surface area contributed by atoms with Crippen LogP contribution in [0, 0.1) is 11.6 Å². The number of carbonyl (C=O) groups excluding carboxylic acids is 1. The highest BCUT2D eigenvalue weighted by Crippen LogP contribution is 2.15. The standard InChI is InChI=1S/C21H23F2N3O2/c1-15-7-5-4-6-8-20(15)25-21(24-2)26(13-19(14-27)28-3)12-16-9-17(22)11-18(23)10-16/h5-11,13-14H,4,12H2,1-3H3,(H,24,25)/b19-13+. The van der Waals surface area contributed by atoms with Crippen molar-refractivity contribution in [3.05, 3.63) is 82.9 Å². The number of nitrogens with one attached hydrogen (secondary N) is 1. The molecule has 28 heavy (non-hydrogen) atoms. The predicted molar refractivity (Wildman–Crippen MR) is 105 cm³/mol. The van der Waals surface area contributed by atoms with E-state index in [-0.39, 0.29) is 12.3 Å². The number of ether oxygens (including phenoxy) is 1. The summed E-state index contributed by atoms with van der Waals surface area (Å²) in [5.41, 5.74) is 2.20. The van der Waals surface area contributed by atoms with Gasteiger partial charge >= 0.3 is 0 Å². The normalized spacial score (nSPS) is 14.8. The summed E-state index contributed by atoms with van der Waals surface area (Å²) in [5.74, 6) is -0.934. The highest BCUT2D eigenvalue weighted by atomic mass is 19.1. The Balaban J connectivity index is 2.39. The van der Waals surface area contributed by atoms with E-state index < -0.39 is 11.6 Å². The summed E-state index contributed by atoms with van der Waals surface area (Å²) in [6.07, 6.45) is 10.7. The Hall–Kier alpha value is -3.22. The molecule has 5 nitrogen and oxygen atoms in total. The first-order chi connectivity index (χ1) is 13.5. The van der Waals surface area contributed by atoms with E-state index in [0.717, 1.165) is 23.8 Å². The minimum absolute atomic E-state index is 0.0434. The molecule has 0 heterocycles. The minimum atomic E-state index is -0.681. The van der Waals surface area contributed by atoms with E-state index in [0.29, 0.717) is 17.8 Å². The fourth-order valence-electron chi connectivity index (χ4n) is 2.61. The molecule has 1 aromatic rings. The van der Waals surface area contributed by atoms with Crippen molar-refractivity contribution < 1.29 is 18.3 Å². The van der Waals surface area contributed by atoms with Gasteiger partial charge in [-0.1, -0.05) is 18.2 Å². The number of halogens is 2. The number of allylic oxidation sites excluding steroid dienone is 6. The zero-order chi connectivity index (χ0) is 20.5. The molecule has 0 aliphatic heterocycles. The number of hydrogen-bond acceptors (Lipinski definition) is 3. The number of rotatable bonds is 6. The topological polar surface area (TPSA) is 53.9 Å². The molecule has 0 atom stereocenters. The fraction of sp³-hybridized carbons (Fsp3) is 0.238. The molecule has 148 valence electrons. The quantitative estimate of drug-likeness (QED) is 0.265. The summed E-state index contributed by atoms with van der Waals surface area (Å²) < 4.78 is 32.2. The Morgan fingerprint density at radius 3 is 2.54 bits per heavy atom. The largest absolute Gasteiger partial charge is 0.492 e. The fourth-order valence-corrected chi connectivity index (χ4v) is 2.61. The van der Waals surface area contributed by atoms with E-state index in [2.05, 4.69) is 10.3 Å². The average Bonchev–Trinajstić information content (AvgIpc) is 2.86. The van der Waals surface area contributed by atoms with Gasteiger partial charge in [0, 0.05) is 18.8 Å². The highest BCUT2D eigenvalue weighted by molar-refractivity contribution is 5.84. The van der Waals surface area contributed by atoms with Crippen molar-refractivity contribution in [2.45, 2.75) is 19.9 Å². The maximum absolute atomic E-state index is 13.6. The molecule has 1 aliphatic carbocycles. The van der Waals surface area contributed by atoms with Crippen LogP contribution < -0.4 is 5.32 Å². The number of hydrogen-bond donors (Lipinski definition) is 1. The maximum atomic E-state index is 13.6. The maximum Gasteiger partial charge on any atom is 0.202 e. The molecule has 0 amide bonds. The van der Waals surface area contributed by atoms with Gasteiger partial charge in [-0.2, -0.15) is 0 Å². The summed E-state index contributed by atoms with van der Waals surface area (Å²) in [6.45, 7) is 2.02. The Bertz CT molecular complexity index is 850. The number of aliphatic imine (C=N–C) groups is 1. The third kappa shape index (κ3) is 5.90. The Morgan fingerprint density at radius 1 is 1.25 bits per heavy atom. The minimum Gasteiger partial charge on any atom is -0.492 e. The van der Waals surface area contributed by atoms with Crippen LogP contribution in [0.5, 0.6) is 0 Å². The zero-order valence-corrected chi connectivity index (χ0v) is 16.1. The second-order valence-corrected chi connectivity index (χ2v) is 6.07. The van der Waals surface area contributed by atoms with Gasteiger partial charge in [-0.05, 0) is 42.7 Å². The molecule has 0 saturated heterocycles. The SMILES string of the molecule is CN=C(NC1=C(C)C=CCC=C1)N(/C=C(\C=O)OC)Cc1cc(F)cc(F)c1. The molecule has 1 aromatic carbocycles. The second-order valence-electron chi connectivity index (χ2n) is 6.07. The molecule has 0 saturated carbocycles. The van der Waals surface area contributed by atoms with Crippen LogP contribution in [0.25, 0.3) is 0 Å². The van der Waals surface area contributed by atoms with Crippen molar-refractivity contribution in [2.75, 3.05) is 14.2 Å². The van der Waals surface area contributed by atoms with Gasteiger partial charge < -0.3 is 15.0 Å². The van der Waals surface area contributed by atoms with Gasteiger partial charge in [0.15, 0.2) is 12.0 Å². The van der Waals surface area contributed by atoms with Gasteiger partial charge in [0.05, 0.1) is 19.9 Å². The van der Waals surface area contributed by atoms with Crippen molar-refractivity contribution in [3.8, 4) is 0 Å². The van der Waals surface area contributed by atoms with E-state index in [1.54, 1.807) is 11.9 Å². The van der Waals surface area contributed by atoms with Gasteiger partial charge in [0.2, 0.25) is 5.96 Å². The molecular formula is C21H23F2N3O2. The van der Waals surface area contributed by atoms with Crippen LogP contribution in [0.3, 0.4) is 0 Å². The second kappa shape index (κ2) is 10.2. The number of aldehydes is 1. The van der Waals surface area contributed by atoms with E-state index >= 15 is 0 Å². The third-order valence-corrected chi connectivity index (χ3v) is 3.99. The number of benzene rings is 1. The first kappa shape index (κ1) is 21.1. The molecule has 0 spiro atoms. The van der Waals surface area contributed by atoms with Crippen LogP contribution in [-0.4, -0.2) is 31.3 Å². The average molecular weight is 387 g/mol. The summed E-state index contributed by atoms with van der Waals surface area (Å²) >= 11 is 0. The van der Waals surface area contributed by atoms with Crippen LogP contribution in [-0.2, 0) is 16.1 Å². The third-order valence-electron chi connectivity index (χ3n) is 3.99. The molecule has 0 fully saturated rings. The van der Waals surface area contributed by atoms with Crippen molar-refractivity contribution in [2.24, 2.45) is 4.99 Å². The summed E-state index contributed by atoms with van der Waals surface area (Å²) in [5, 5.41) is 3.21. The van der Waals surface area contributed by atoms with Crippen molar-refractivity contribution >= 4 is 12.2 Å². The molecule has 0 radical (unpaired) electrons. The Kier molecular flexibility index (Phi) is 7.68. The van der Waals surface area contributed by atoms with E-state index in [1.807, 2.05) is 31.2 Å². The lowest BCUT2D eigenvalue weighted by molar-refractivity contribution is -0.107. The zero-order valence-electron chi connectivity index (χ0n) is 16.1. The van der Waals surface area contributed by atoms with Gasteiger partial charge in [0.25, 0.3) is 0 Å². The summed E-state index contributed by atoms with van der Waals surface area (Å²) in [7, 11) is 2.94. The summed E-state index contributed by atoms with van der Waals surface area (Å²) in [6, 6.07) is 3.26. The van der Waals surface area contributed by atoms with Crippen LogP contribution >= 0.6 is 0 Å². The Morgan fingerprint density at radius 2 is 1.93 bits per heavy atom.